The van der Waals surface area contributed by atoms with E-state index in [9.17, 15) is 9.59 Å². The maximum atomic E-state index is 12.7. The molecule has 0 bridgehead atoms. The van der Waals surface area contributed by atoms with Crippen molar-refractivity contribution in [2.75, 3.05) is 5.32 Å². The van der Waals surface area contributed by atoms with Gasteiger partial charge in [0, 0.05) is 12.2 Å². The molecule has 1 aliphatic carbocycles. The lowest BCUT2D eigenvalue weighted by Crippen LogP contribution is -2.37. The number of nitrogens with zero attached hydrogens (tertiary/aromatic N) is 3. The molecule has 8 nitrogen and oxygen atoms in total. The Labute approximate surface area is 142 Å². The molecule has 3 heterocycles. The van der Waals surface area contributed by atoms with Crippen LogP contribution in [-0.4, -0.2) is 19.5 Å². The smallest absolute Gasteiger partial charge is 0.330 e. The van der Waals surface area contributed by atoms with Crippen LogP contribution in [0.1, 0.15) is 50.5 Å². The number of anilines is 1. The Balaban J connectivity index is 1.71. The van der Waals surface area contributed by atoms with Crippen molar-refractivity contribution in [2.24, 2.45) is 0 Å². The quantitative estimate of drug-likeness (QED) is 0.754. The Bertz CT molecular complexity index is 999. The molecule has 25 heavy (non-hydrogen) atoms. The Morgan fingerprint density at radius 3 is 2.88 bits per heavy atom. The number of hydrogen-bond acceptors (Lipinski definition) is 6. The topological polar surface area (TPSA) is 106 Å². The minimum Gasteiger partial charge on any atom is -0.467 e. The van der Waals surface area contributed by atoms with Crippen molar-refractivity contribution in [3.63, 3.8) is 0 Å². The van der Waals surface area contributed by atoms with E-state index in [1.165, 1.54) is 10.8 Å². The number of rotatable bonds is 4. The molecular formula is C17H19N5O3. The second-order valence-corrected chi connectivity index (χ2v) is 6.38. The van der Waals surface area contributed by atoms with Crippen molar-refractivity contribution in [3.8, 4) is 0 Å². The minimum absolute atomic E-state index is 0.0302. The zero-order chi connectivity index (χ0) is 17.4. The van der Waals surface area contributed by atoms with Crippen LogP contribution in [0.25, 0.3) is 11.0 Å². The highest BCUT2D eigenvalue weighted by atomic mass is 16.3. The first-order valence-electron chi connectivity index (χ1n) is 8.45. The highest BCUT2D eigenvalue weighted by Gasteiger charge is 2.22. The first-order chi connectivity index (χ1) is 12.1. The van der Waals surface area contributed by atoms with Crippen molar-refractivity contribution in [1.82, 2.24) is 19.5 Å². The van der Waals surface area contributed by atoms with Crippen molar-refractivity contribution in [1.29, 1.82) is 0 Å². The lowest BCUT2D eigenvalue weighted by atomic mass is 10.2. The Hall–Kier alpha value is -2.90. The summed E-state index contributed by atoms with van der Waals surface area (Å²) in [5, 5.41) is 3.42. The third-order valence-electron chi connectivity index (χ3n) is 4.69. The average Bonchev–Trinajstić information content (AvgIpc) is 3.28. The van der Waals surface area contributed by atoms with E-state index in [-0.39, 0.29) is 23.3 Å². The third-order valence-corrected chi connectivity index (χ3v) is 4.69. The SMILES string of the molecule is CC(Nc1ncc2c(=O)n(C3CCCC3)c(=O)[nH]c2n1)c1ccco1. The standard InChI is InChI=1S/C17H19N5O3/c1-10(13-7-4-8-25-13)19-16-18-9-12-14(20-16)21-17(24)22(15(12)23)11-5-2-3-6-11/h4,7-11H,2-3,5-6H2,1H3,(H2,18,19,20,21,24). The van der Waals surface area contributed by atoms with Gasteiger partial charge >= 0.3 is 5.69 Å². The predicted octanol–water partition coefficient (Wildman–Crippen LogP) is 2.36. The van der Waals surface area contributed by atoms with Crippen LogP contribution in [0.3, 0.4) is 0 Å². The van der Waals surface area contributed by atoms with Gasteiger partial charge in [-0.05, 0) is 31.9 Å². The van der Waals surface area contributed by atoms with Crippen LogP contribution in [0.4, 0.5) is 5.95 Å². The lowest BCUT2D eigenvalue weighted by molar-refractivity contribution is 0.482. The highest BCUT2D eigenvalue weighted by Crippen LogP contribution is 2.27. The molecule has 3 aromatic rings. The van der Waals surface area contributed by atoms with Gasteiger partial charge in [0.1, 0.15) is 11.1 Å². The molecule has 0 amide bonds. The van der Waals surface area contributed by atoms with Gasteiger partial charge in [0.15, 0.2) is 5.65 Å². The maximum Gasteiger partial charge on any atom is 0.330 e. The average molecular weight is 341 g/mol. The fourth-order valence-electron chi connectivity index (χ4n) is 3.38. The van der Waals surface area contributed by atoms with Gasteiger partial charge in [-0.1, -0.05) is 12.8 Å². The van der Waals surface area contributed by atoms with Gasteiger partial charge in [0.25, 0.3) is 5.56 Å². The molecule has 1 atom stereocenters. The molecule has 8 heteroatoms. The first-order valence-corrected chi connectivity index (χ1v) is 8.45. The molecule has 0 aromatic carbocycles. The Morgan fingerprint density at radius 2 is 2.16 bits per heavy atom. The Kier molecular flexibility index (Phi) is 3.87. The number of fused-ring (bicyclic) bond motifs is 1. The summed E-state index contributed by atoms with van der Waals surface area (Å²) < 4.78 is 6.65. The van der Waals surface area contributed by atoms with E-state index in [4.69, 9.17) is 4.42 Å². The van der Waals surface area contributed by atoms with Crippen LogP contribution in [0.15, 0.2) is 38.6 Å². The lowest BCUT2D eigenvalue weighted by Gasteiger charge is -2.14. The number of nitrogens with one attached hydrogen (secondary N) is 2. The number of aromatic amines is 1. The molecule has 3 aromatic heterocycles. The maximum absolute atomic E-state index is 12.7. The molecule has 1 unspecified atom stereocenters. The van der Waals surface area contributed by atoms with Gasteiger partial charge in [-0.2, -0.15) is 4.98 Å². The number of furan rings is 1. The van der Waals surface area contributed by atoms with E-state index in [0.29, 0.717) is 11.3 Å². The van der Waals surface area contributed by atoms with E-state index >= 15 is 0 Å². The van der Waals surface area contributed by atoms with E-state index in [1.807, 2.05) is 13.0 Å². The van der Waals surface area contributed by atoms with Crippen LogP contribution in [0.5, 0.6) is 0 Å². The summed E-state index contributed by atoms with van der Waals surface area (Å²) in [6.07, 6.45) is 6.85. The molecule has 4 rings (SSSR count). The summed E-state index contributed by atoms with van der Waals surface area (Å²) in [5.41, 5.74) is -0.488. The summed E-state index contributed by atoms with van der Waals surface area (Å²) in [4.78, 5) is 36.3. The van der Waals surface area contributed by atoms with E-state index in [0.717, 1.165) is 31.4 Å². The van der Waals surface area contributed by atoms with Gasteiger partial charge in [-0.15, -0.1) is 0 Å². The van der Waals surface area contributed by atoms with Crippen molar-refractivity contribution >= 4 is 17.0 Å². The largest absolute Gasteiger partial charge is 0.467 e. The molecule has 0 spiro atoms. The van der Waals surface area contributed by atoms with Gasteiger partial charge in [0.2, 0.25) is 5.95 Å². The molecular weight excluding hydrogens is 322 g/mol. The van der Waals surface area contributed by atoms with Crippen LogP contribution in [-0.2, 0) is 0 Å². The third kappa shape index (κ3) is 2.84. The minimum atomic E-state index is -0.409. The number of aromatic nitrogens is 4. The zero-order valence-electron chi connectivity index (χ0n) is 13.9. The molecule has 2 N–H and O–H groups in total. The molecule has 130 valence electrons. The van der Waals surface area contributed by atoms with Crippen LogP contribution in [0, 0.1) is 0 Å². The van der Waals surface area contributed by atoms with E-state index in [1.54, 1.807) is 12.3 Å². The van der Waals surface area contributed by atoms with Crippen LogP contribution in [0.2, 0.25) is 0 Å². The molecule has 1 aliphatic rings. The van der Waals surface area contributed by atoms with Gasteiger partial charge < -0.3 is 9.73 Å². The van der Waals surface area contributed by atoms with Crippen molar-refractivity contribution < 1.29 is 4.42 Å². The van der Waals surface area contributed by atoms with Gasteiger partial charge in [-0.3, -0.25) is 14.3 Å². The molecule has 0 aliphatic heterocycles. The van der Waals surface area contributed by atoms with Gasteiger partial charge in [-0.25, -0.2) is 9.78 Å². The molecule has 0 saturated heterocycles. The second kappa shape index (κ2) is 6.19. The predicted molar refractivity (Wildman–Crippen MR) is 92.7 cm³/mol. The van der Waals surface area contributed by atoms with Gasteiger partial charge in [0.05, 0.1) is 12.3 Å². The number of H-pyrrole nitrogens is 1. The molecule has 1 saturated carbocycles. The first kappa shape index (κ1) is 15.6. The normalized spacial score (nSPS) is 16.4. The summed E-state index contributed by atoms with van der Waals surface area (Å²) in [6, 6.07) is 3.48. The zero-order valence-corrected chi connectivity index (χ0v) is 13.9. The molecule has 1 fully saturated rings. The monoisotopic (exact) mass is 341 g/mol. The van der Waals surface area contributed by atoms with Crippen molar-refractivity contribution in [2.45, 2.75) is 44.7 Å². The summed E-state index contributed by atoms with van der Waals surface area (Å²) in [5.74, 6) is 1.07. The fourth-order valence-corrected chi connectivity index (χ4v) is 3.38. The van der Waals surface area contributed by atoms with E-state index < -0.39 is 5.69 Å². The van der Waals surface area contributed by atoms with Crippen LogP contribution < -0.4 is 16.6 Å². The summed E-state index contributed by atoms with van der Waals surface area (Å²) in [6.45, 7) is 1.91. The number of hydrogen-bond donors (Lipinski definition) is 2. The van der Waals surface area contributed by atoms with E-state index in [2.05, 4.69) is 20.3 Å². The summed E-state index contributed by atoms with van der Waals surface area (Å²) in [7, 11) is 0. The van der Waals surface area contributed by atoms with Crippen LogP contribution >= 0.6 is 0 Å². The highest BCUT2D eigenvalue weighted by molar-refractivity contribution is 5.73. The second-order valence-electron chi connectivity index (χ2n) is 6.38. The molecule has 0 radical (unpaired) electrons. The summed E-state index contributed by atoms with van der Waals surface area (Å²) >= 11 is 0. The Morgan fingerprint density at radius 1 is 1.36 bits per heavy atom. The fraction of sp³-hybridized carbons (Fsp3) is 0.412. The van der Waals surface area contributed by atoms with Crippen molar-refractivity contribution in [3.05, 3.63) is 51.2 Å².